The van der Waals surface area contributed by atoms with Crippen LogP contribution >= 0.6 is 0 Å². The van der Waals surface area contributed by atoms with Crippen LogP contribution in [0.5, 0.6) is 0 Å². The Hall–Kier alpha value is -1.58. The normalized spacial score (nSPS) is 24.4. The van der Waals surface area contributed by atoms with Crippen molar-refractivity contribution in [3.05, 3.63) is 23.7 Å². The molecule has 0 bridgehead atoms. The van der Waals surface area contributed by atoms with Gasteiger partial charge in [0.1, 0.15) is 5.76 Å². The van der Waals surface area contributed by atoms with Gasteiger partial charge >= 0.3 is 0 Å². The van der Waals surface area contributed by atoms with Crippen molar-refractivity contribution in [2.75, 3.05) is 0 Å². The predicted octanol–water partition coefficient (Wildman–Crippen LogP) is 3.52. The summed E-state index contributed by atoms with van der Waals surface area (Å²) >= 11 is 0. The zero-order chi connectivity index (χ0) is 14.0. The van der Waals surface area contributed by atoms with Crippen LogP contribution in [-0.4, -0.2) is 11.6 Å². The van der Waals surface area contributed by atoms with Gasteiger partial charge in [0.05, 0.1) is 11.8 Å². The highest BCUT2D eigenvalue weighted by atomic mass is 16.3. The average molecular weight is 262 g/mol. The highest BCUT2D eigenvalue weighted by molar-refractivity contribution is 5.96. The lowest BCUT2D eigenvalue weighted by atomic mass is 9.72. The van der Waals surface area contributed by atoms with Gasteiger partial charge in [0, 0.05) is 5.71 Å². The fourth-order valence-corrected chi connectivity index (χ4v) is 3.01. The van der Waals surface area contributed by atoms with Crippen LogP contribution < -0.4 is 5.43 Å². The van der Waals surface area contributed by atoms with Crippen LogP contribution in [0.25, 0.3) is 0 Å². The van der Waals surface area contributed by atoms with Crippen molar-refractivity contribution in [1.29, 1.82) is 0 Å². The summed E-state index contributed by atoms with van der Waals surface area (Å²) in [5.74, 6) is 1.04. The first-order valence-corrected chi connectivity index (χ1v) is 6.77. The topological polar surface area (TPSA) is 54.6 Å². The van der Waals surface area contributed by atoms with Crippen LogP contribution in [-0.2, 0) is 0 Å². The van der Waals surface area contributed by atoms with E-state index < -0.39 is 0 Å². The first-order valence-electron chi connectivity index (χ1n) is 6.77. The molecule has 19 heavy (non-hydrogen) atoms. The fourth-order valence-electron chi connectivity index (χ4n) is 3.01. The Balaban J connectivity index is 2.02. The van der Waals surface area contributed by atoms with Crippen molar-refractivity contribution < 1.29 is 9.21 Å². The summed E-state index contributed by atoms with van der Waals surface area (Å²) < 4.78 is 5.12. The smallest absolute Gasteiger partial charge is 0.274 e. The summed E-state index contributed by atoms with van der Waals surface area (Å²) in [7, 11) is 0. The quantitative estimate of drug-likeness (QED) is 0.829. The third kappa shape index (κ3) is 3.46. The van der Waals surface area contributed by atoms with Crippen LogP contribution in [0.1, 0.15) is 56.2 Å². The van der Waals surface area contributed by atoms with Crippen molar-refractivity contribution in [3.63, 3.8) is 0 Å². The van der Waals surface area contributed by atoms with Crippen molar-refractivity contribution in [2.24, 2.45) is 16.4 Å². The Bertz CT molecular complexity index is 500. The minimum atomic E-state index is -0.199. The molecular formula is C15H22N2O2. The van der Waals surface area contributed by atoms with Gasteiger partial charge in [0.2, 0.25) is 0 Å². The van der Waals surface area contributed by atoms with Crippen LogP contribution in [0.2, 0.25) is 0 Å². The number of nitrogens with one attached hydrogen (secondary N) is 1. The second-order valence-corrected chi connectivity index (χ2v) is 6.36. The second kappa shape index (κ2) is 5.19. The van der Waals surface area contributed by atoms with Crippen LogP contribution in [0.15, 0.2) is 21.8 Å². The molecule has 1 atom stereocenters. The van der Waals surface area contributed by atoms with E-state index in [-0.39, 0.29) is 11.3 Å². The van der Waals surface area contributed by atoms with Gasteiger partial charge in [-0.3, -0.25) is 4.79 Å². The van der Waals surface area contributed by atoms with E-state index in [1.54, 1.807) is 13.0 Å². The minimum Gasteiger partial charge on any atom is -0.469 e. The van der Waals surface area contributed by atoms with Gasteiger partial charge in [-0.05, 0) is 43.6 Å². The van der Waals surface area contributed by atoms with Crippen molar-refractivity contribution in [3.8, 4) is 0 Å². The highest BCUT2D eigenvalue weighted by Gasteiger charge is 2.29. The number of hydrogen-bond acceptors (Lipinski definition) is 3. The van der Waals surface area contributed by atoms with Gasteiger partial charge in [-0.2, -0.15) is 5.10 Å². The molecule has 1 aliphatic rings. The number of aryl methyl sites for hydroxylation is 1. The molecule has 1 saturated carbocycles. The number of hydrazone groups is 1. The standard InChI is InChI=1S/C15H22N2O2/c1-10-7-12(9-15(3,4)8-10)16-17-14(18)13-5-6-19-11(13)2/h5-6,10H,7-9H2,1-4H3,(H,17,18). The zero-order valence-electron chi connectivity index (χ0n) is 12.1. The Morgan fingerprint density at radius 1 is 1.53 bits per heavy atom. The molecule has 104 valence electrons. The highest BCUT2D eigenvalue weighted by Crippen LogP contribution is 2.36. The lowest BCUT2D eigenvalue weighted by Crippen LogP contribution is -2.30. The number of carbonyl (C=O) groups is 1. The molecule has 1 aliphatic carbocycles. The molecule has 1 aromatic rings. The summed E-state index contributed by atoms with van der Waals surface area (Å²) in [6.45, 7) is 8.51. The van der Waals surface area contributed by atoms with E-state index in [2.05, 4.69) is 31.3 Å². The molecule has 1 aromatic heterocycles. The zero-order valence-corrected chi connectivity index (χ0v) is 12.1. The van der Waals surface area contributed by atoms with E-state index in [4.69, 9.17) is 4.42 Å². The van der Waals surface area contributed by atoms with E-state index in [1.165, 1.54) is 12.7 Å². The third-order valence-electron chi connectivity index (χ3n) is 3.59. The Kier molecular flexibility index (Phi) is 3.78. The molecule has 1 unspecified atom stereocenters. The van der Waals surface area contributed by atoms with Crippen LogP contribution in [0.3, 0.4) is 0 Å². The van der Waals surface area contributed by atoms with E-state index in [9.17, 15) is 4.79 Å². The summed E-state index contributed by atoms with van der Waals surface area (Å²) in [5.41, 5.74) is 4.54. The van der Waals surface area contributed by atoms with Gasteiger partial charge < -0.3 is 4.42 Å². The van der Waals surface area contributed by atoms with Gasteiger partial charge in [-0.25, -0.2) is 5.43 Å². The van der Waals surface area contributed by atoms with Crippen molar-refractivity contribution in [2.45, 2.75) is 47.0 Å². The second-order valence-electron chi connectivity index (χ2n) is 6.36. The van der Waals surface area contributed by atoms with Gasteiger partial charge in [-0.1, -0.05) is 20.8 Å². The largest absolute Gasteiger partial charge is 0.469 e. The lowest BCUT2D eigenvalue weighted by Gasteiger charge is -2.34. The summed E-state index contributed by atoms with van der Waals surface area (Å²) in [6, 6.07) is 1.66. The van der Waals surface area contributed by atoms with Crippen LogP contribution in [0.4, 0.5) is 0 Å². The summed E-state index contributed by atoms with van der Waals surface area (Å²) in [6.07, 6.45) is 4.64. The monoisotopic (exact) mass is 262 g/mol. The molecule has 0 aliphatic heterocycles. The molecule has 0 radical (unpaired) electrons. The maximum atomic E-state index is 11.9. The molecule has 2 rings (SSSR count). The lowest BCUT2D eigenvalue weighted by molar-refractivity contribution is 0.0952. The van der Waals surface area contributed by atoms with Gasteiger partial charge in [-0.15, -0.1) is 0 Å². The summed E-state index contributed by atoms with van der Waals surface area (Å²) in [5, 5.41) is 4.30. The molecule has 1 heterocycles. The molecule has 0 spiro atoms. The predicted molar refractivity (Wildman–Crippen MR) is 75.1 cm³/mol. The Labute approximate surface area is 114 Å². The molecule has 1 amide bonds. The Morgan fingerprint density at radius 3 is 2.84 bits per heavy atom. The first-order chi connectivity index (χ1) is 8.87. The Morgan fingerprint density at radius 2 is 2.26 bits per heavy atom. The number of carbonyl (C=O) groups excluding carboxylic acids is 1. The molecule has 4 nitrogen and oxygen atoms in total. The minimum absolute atomic E-state index is 0.199. The average Bonchev–Trinajstić information content (AvgIpc) is 2.69. The number of furan rings is 1. The molecule has 0 aromatic carbocycles. The number of hydrogen-bond donors (Lipinski definition) is 1. The SMILES string of the molecule is Cc1occc1C(=O)NN=C1CC(C)CC(C)(C)C1. The van der Waals surface area contributed by atoms with Crippen molar-refractivity contribution in [1.82, 2.24) is 5.43 Å². The van der Waals surface area contributed by atoms with E-state index in [1.807, 2.05) is 0 Å². The van der Waals surface area contributed by atoms with E-state index in [0.717, 1.165) is 18.6 Å². The van der Waals surface area contributed by atoms with Crippen LogP contribution in [0, 0.1) is 18.3 Å². The third-order valence-corrected chi connectivity index (χ3v) is 3.59. The molecule has 4 heteroatoms. The number of nitrogens with zero attached hydrogens (tertiary/aromatic N) is 1. The molecule has 1 N–H and O–H groups in total. The van der Waals surface area contributed by atoms with E-state index in [0.29, 0.717) is 17.2 Å². The fraction of sp³-hybridized carbons (Fsp3) is 0.600. The molecular weight excluding hydrogens is 240 g/mol. The number of amides is 1. The molecule has 0 saturated heterocycles. The summed E-state index contributed by atoms with van der Waals surface area (Å²) in [4.78, 5) is 11.9. The number of rotatable bonds is 2. The molecule has 1 fully saturated rings. The van der Waals surface area contributed by atoms with E-state index >= 15 is 0 Å². The maximum Gasteiger partial charge on any atom is 0.274 e. The first kappa shape index (κ1) is 13.8. The van der Waals surface area contributed by atoms with Gasteiger partial charge in [0.25, 0.3) is 5.91 Å². The van der Waals surface area contributed by atoms with Crippen molar-refractivity contribution >= 4 is 11.6 Å². The maximum absolute atomic E-state index is 11.9. The van der Waals surface area contributed by atoms with Gasteiger partial charge in [0.15, 0.2) is 0 Å².